The molecule has 7 nitrogen and oxygen atoms in total. The van der Waals surface area contributed by atoms with E-state index in [1.165, 1.54) is 22.7 Å². The highest BCUT2D eigenvalue weighted by atomic mass is 32.1. The third-order valence-electron chi connectivity index (χ3n) is 6.14. The Morgan fingerprint density at radius 2 is 1.70 bits per heavy atom. The normalized spacial score (nSPS) is 14.5. The number of aromatic amines is 1. The molecule has 0 bridgehead atoms. The minimum Gasteiger partial charge on any atom is -0.372 e. The SMILES string of the molecule is Cc1cnc(C(O)(c2ncc(C)s2)c2cc(-c3c(C)noc3C)cc3[nH]c(C4CC4)nc23)s1. The first-order chi connectivity index (χ1) is 15.8. The molecule has 6 rings (SSSR count). The first-order valence-corrected chi connectivity index (χ1v) is 12.5. The highest BCUT2D eigenvalue weighted by molar-refractivity contribution is 7.13. The van der Waals surface area contributed by atoms with E-state index in [9.17, 15) is 5.11 Å². The van der Waals surface area contributed by atoms with Crippen molar-refractivity contribution in [2.45, 2.75) is 52.1 Å². The van der Waals surface area contributed by atoms with E-state index in [0.717, 1.165) is 62.0 Å². The van der Waals surface area contributed by atoms with E-state index in [4.69, 9.17) is 9.51 Å². The van der Waals surface area contributed by atoms with Gasteiger partial charge in [0.1, 0.15) is 21.6 Å². The smallest absolute Gasteiger partial charge is 0.195 e. The molecule has 4 heterocycles. The fourth-order valence-corrected chi connectivity index (χ4v) is 6.17. The summed E-state index contributed by atoms with van der Waals surface area (Å²) in [7, 11) is 0. The van der Waals surface area contributed by atoms with Crippen LogP contribution in [0.2, 0.25) is 0 Å². The standard InChI is InChI=1S/C24H23N5O2S2/c1-11-9-25-22(32-11)24(30,23-26-10-12(2)33-23)17-7-16(19-13(3)29-31-14(19)4)8-18-20(17)28-21(27-18)15-5-6-15/h7-10,15,30H,5-6H2,1-4H3,(H,27,28). The second-order valence-electron chi connectivity index (χ2n) is 8.78. The molecule has 0 amide bonds. The Bertz CT molecular complexity index is 1440. The lowest BCUT2D eigenvalue weighted by Gasteiger charge is -2.25. The molecule has 2 N–H and O–H groups in total. The largest absolute Gasteiger partial charge is 0.372 e. The molecule has 0 spiro atoms. The Morgan fingerprint density at radius 1 is 1.03 bits per heavy atom. The second-order valence-corrected chi connectivity index (χ2v) is 11.2. The van der Waals surface area contributed by atoms with Crippen molar-refractivity contribution < 1.29 is 9.63 Å². The van der Waals surface area contributed by atoms with Crippen LogP contribution in [0.4, 0.5) is 0 Å². The minimum atomic E-state index is -1.53. The van der Waals surface area contributed by atoms with Gasteiger partial charge < -0.3 is 14.6 Å². The molecule has 5 aromatic rings. The number of nitrogens with one attached hydrogen (secondary N) is 1. The number of thiazole rings is 2. The molecule has 9 heteroatoms. The van der Waals surface area contributed by atoms with E-state index in [1.807, 2.05) is 33.8 Å². The average Bonchev–Trinajstić information content (AvgIpc) is 3.08. The fourth-order valence-electron chi connectivity index (χ4n) is 4.37. The van der Waals surface area contributed by atoms with Crippen LogP contribution >= 0.6 is 22.7 Å². The van der Waals surface area contributed by atoms with E-state index in [1.54, 1.807) is 12.4 Å². The topological polar surface area (TPSA) is 101 Å². The number of benzene rings is 1. The third-order valence-corrected chi connectivity index (χ3v) is 8.19. The van der Waals surface area contributed by atoms with E-state index in [0.29, 0.717) is 21.5 Å². The minimum absolute atomic E-state index is 0.449. The molecule has 168 valence electrons. The van der Waals surface area contributed by atoms with Gasteiger partial charge in [0, 0.05) is 39.2 Å². The van der Waals surface area contributed by atoms with Crippen molar-refractivity contribution in [2.24, 2.45) is 0 Å². The predicted octanol–water partition coefficient (Wildman–Crippen LogP) is 5.53. The van der Waals surface area contributed by atoms with Crippen LogP contribution < -0.4 is 0 Å². The summed E-state index contributed by atoms with van der Waals surface area (Å²) in [4.78, 5) is 19.7. The number of aromatic nitrogens is 5. The summed E-state index contributed by atoms with van der Waals surface area (Å²) in [6, 6.07) is 4.07. The van der Waals surface area contributed by atoms with Gasteiger partial charge in [0.15, 0.2) is 5.60 Å². The van der Waals surface area contributed by atoms with E-state index >= 15 is 0 Å². The maximum Gasteiger partial charge on any atom is 0.195 e. The maximum atomic E-state index is 12.5. The zero-order valence-corrected chi connectivity index (χ0v) is 20.4. The maximum absolute atomic E-state index is 12.5. The van der Waals surface area contributed by atoms with Crippen LogP contribution in [0.3, 0.4) is 0 Å². The van der Waals surface area contributed by atoms with Gasteiger partial charge in [-0.25, -0.2) is 15.0 Å². The number of H-pyrrole nitrogens is 1. The first kappa shape index (κ1) is 20.7. The molecule has 0 unspecified atom stereocenters. The van der Waals surface area contributed by atoms with Gasteiger partial charge in [0.2, 0.25) is 0 Å². The lowest BCUT2D eigenvalue weighted by Crippen LogP contribution is -2.29. The summed E-state index contributed by atoms with van der Waals surface area (Å²) in [6.07, 6.45) is 5.85. The summed E-state index contributed by atoms with van der Waals surface area (Å²) >= 11 is 2.95. The molecule has 33 heavy (non-hydrogen) atoms. The van der Waals surface area contributed by atoms with Crippen LogP contribution in [0.15, 0.2) is 29.0 Å². The lowest BCUT2D eigenvalue weighted by molar-refractivity contribution is 0.126. The van der Waals surface area contributed by atoms with Crippen molar-refractivity contribution in [1.82, 2.24) is 25.1 Å². The summed E-state index contributed by atoms with van der Waals surface area (Å²) < 4.78 is 5.46. The van der Waals surface area contributed by atoms with Crippen LogP contribution in [-0.2, 0) is 5.60 Å². The molecular formula is C24H23N5O2S2. The van der Waals surface area contributed by atoms with Gasteiger partial charge in [-0.05, 0) is 58.2 Å². The average molecular weight is 478 g/mol. The second kappa shape index (κ2) is 7.31. The molecule has 1 aliphatic rings. The van der Waals surface area contributed by atoms with Crippen molar-refractivity contribution in [1.29, 1.82) is 0 Å². The van der Waals surface area contributed by atoms with Gasteiger partial charge in [-0.15, -0.1) is 22.7 Å². The Labute approximate surface area is 198 Å². The van der Waals surface area contributed by atoms with Gasteiger partial charge in [0.05, 0.1) is 16.7 Å². The molecule has 4 aromatic heterocycles. The molecular weight excluding hydrogens is 454 g/mol. The van der Waals surface area contributed by atoms with E-state index in [2.05, 4.69) is 26.2 Å². The number of fused-ring (bicyclic) bond motifs is 1. The number of aryl methyl sites for hydroxylation is 4. The Hall–Kier alpha value is -2.88. The quantitative estimate of drug-likeness (QED) is 0.345. The van der Waals surface area contributed by atoms with Crippen molar-refractivity contribution >= 4 is 33.7 Å². The number of nitrogens with zero attached hydrogens (tertiary/aromatic N) is 4. The highest BCUT2D eigenvalue weighted by Gasteiger charge is 2.43. The number of rotatable bonds is 5. The molecule has 0 radical (unpaired) electrons. The predicted molar refractivity (Wildman–Crippen MR) is 129 cm³/mol. The third kappa shape index (κ3) is 3.25. The Morgan fingerprint density at radius 3 is 2.21 bits per heavy atom. The molecule has 0 atom stereocenters. The number of aliphatic hydroxyl groups is 1. The molecule has 1 fully saturated rings. The molecule has 0 saturated heterocycles. The van der Waals surface area contributed by atoms with Crippen LogP contribution in [0.25, 0.3) is 22.2 Å². The number of imidazole rings is 1. The van der Waals surface area contributed by atoms with Crippen molar-refractivity contribution in [2.75, 3.05) is 0 Å². The molecule has 1 aromatic carbocycles. The van der Waals surface area contributed by atoms with Gasteiger partial charge >= 0.3 is 0 Å². The van der Waals surface area contributed by atoms with Crippen LogP contribution in [0, 0.1) is 27.7 Å². The van der Waals surface area contributed by atoms with E-state index < -0.39 is 5.60 Å². The van der Waals surface area contributed by atoms with Gasteiger partial charge in [-0.2, -0.15) is 0 Å². The van der Waals surface area contributed by atoms with Gasteiger partial charge in [-0.1, -0.05) is 5.16 Å². The highest BCUT2D eigenvalue weighted by Crippen LogP contribution is 2.46. The molecule has 0 aliphatic heterocycles. The summed E-state index contributed by atoms with van der Waals surface area (Å²) in [5, 5.41) is 17.8. The van der Waals surface area contributed by atoms with Gasteiger partial charge in [-0.3, -0.25) is 0 Å². The number of hydrogen-bond acceptors (Lipinski definition) is 8. The van der Waals surface area contributed by atoms with Gasteiger partial charge in [0.25, 0.3) is 0 Å². The summed E-state index contributed by atoms with van der Waals surface area (Å²) in [5.74, 6) is 2.15. The molecule has 1 aliphatic carbocycles. The van der Waals surface area contributed by atoms with Crippen LogP contribution in [-0.4, -0.2) is 30.2 Å². The summed E-state index contributed by atoms with van der Waals surface area (Å²) in [6.45, 7) is 7.82. The monoisotopic (exact) mass is 477 g/mol. The van der Waals surface area contributed by atoms with Crippen molar-refractivity contribution in [3.63, 3.8) is 0 Å². The van der Waals surface area contributed by atoms with E-state index in [-0.39, 0.29) is 0 Å². The fraction of sp³-hybridized carbons (Fsp3) is 0.333. The first-order valence-electron chi connectivity index (χ1n) is 10.9. The lowest BCUT2D eigenvalue weighted by atomic mass is 9.90. The molecule has 1 saturated carbocycles. The zero-order chi connectivity index (χ0) is 22.9. The Kier molecular flexibility index (Phi) is 4.59. The zero-order valence-electron chi connectivity index (χ0n) is 18.8. The number of hydrogen-bond donors (Lipinski definition) is 2. The van der Waals surface area contributed by atoms with Crippen LogP contribution in [0.1, 0.15) is 61.4 Å². The van der Waals surface area contributed by atoms with Crippen molar-refractivity contribution in [3.05, 3.63) is 67.1 Å². The van der Waals surface area contributed by atoms with Crippen LogP contribution in [0.5, 0.6) is 0 Å². The van der Waals surface area contributed by atoms with Crippen molar-refractivity contribution in [3.8, 4) is 11.1 Å². The summed E-state index contributed by atoms with van der Waals surface area (Å²) in [5.41, 5.74) is 3.41. The Balaban J connectivity index is 1.69.